The molecule has 3 heterocycles. The summed E-state index contributed by atoms with van der Waals surface area (Å²) in [4.78, 5) is 4.48. The van der Waals surface area contributed by atoms with E-state index in [1.165, 1.54) is 0 Å². The molecule has 1 aliphatic rings. The zero-order valence-corrected chi connectivity index (χ0v) is 15.6. The summed E-state index contributed by atoms with van der Waals surface area (Å²) in [6.07, 6.45) is 7.42. The molecule has 1 aliphatic heterocycles. The van der Waals surface area contributed by atoms with Crippen LogP contribution in [0.15, 0.2) is 64.7 Å². The highest BCUT2D eigenvalue weighted by atomic mass is 16.5. The molecule has 0 saturated heterocycles. The molecule has 3 rings (SSSR count). The predicted octanol–water partition coefficient (Wildman–Crippen LogP) is 4.02. The maximum Gasteiger partial charge on any atom is 0.130 e. The lowest BCUT2D eigenvalue weighted by Crippen LogP contribution is -2.13. The lowest BCUT2D eigenvalue weighted by Gasteiger charge is -2.17. The molecule has 0 saturated carbocycles. The van der Waals surface area contributed by atoms with Gasteiger partial charge in [0, 0.05) is 13.3 Å². The molecular formula is C22H25NO4. The normalized spacial score (nSPS) is 17.2. The quantitative estimate of drug-likeness (QED) is 0.725. The summed E-state index contributed by atoms with van der Waals surface area (Å²) < 4.78 is 16.7. The Morgan fingerprint density at radius 1 is 1.37 bits per heavy atom. The van der Waals surface area contributed by atoms with Gasteiger partial charge in [0.1, 0.15) is 18.1 Å². The first-order valence-electron chi connectivity index (χ1n) is 9.01. The Balaban J connectivity index is 1.76. The second kappa shape index (κ2) is 9.46. The van der Waals surface area contributed by atoms with E-state index in [2.05, 4.69) is 17.6 Å². The fraction of sp³-hybridized carbons (Fsp3) is 0.318. The number of aliphatic hydroxyl groups is 1. The maximum atomic E-state index is 9.21. The van der Waals surface area contributed by atoms with Crippen LogP contribution in [0, 0.1) is 0 Å². The number of furan rings is 1. The molecule has 0 bridgehead atoms. The molecule has 27 heavy (non-hydrogen) atoms. The van der Waals surface area contributed by atoms with Crippen molar-refractivity contribution in [1.82, 2.24) is 4.98 Å². The molecule has 2 aromatic rings. The number of nitrogens with zero attached hydrogens (tertiary/aromatic N) is 1. The zero-order chi connectivity index (χ0) is 19.1. The molecule has 5 nitrogen and oxygen atoms in total. The van der Waals surface area contributed by atoms with Gasteiger partial charge in [-0.15, -0.1) is 0 Å². The molecule has 2 aromatic heterocycles. The molecule has 1 N–H and O–H groups in total. The van der Waals surface area contributed by atoms with Gasteiger partial charge in [-0.2, -0.15) is 0 Å². The molecule has 0 amide bonds. The number of methoxy groups -OCH3 is 1. The Hall–Kier alpha value is -2.47. The predicted molar refractivity (Wildman–Crippen MR) is 105 cm³/mol. The van der Waals surface area contributed by atoms with E-state index in [0.717, 1.165) is 35.3 Å². The molecule has 0 aromatic carbocycles. The number of pyridine rings is 1. The highest BCUT2D eigenvalue weighted by Gasteiger charge is 2.22. The van der Waals surface area contributed by atoms with Crippen molar-refractivity contribution >= 4 is 11.6 Å². The fourth-order valence-electron chi connectivity index (χ4n) is 3.19. The minimum absolute atomic E-state index is 0.00404. The monoisotopic (exact) mass is 367 g/mol. The first-order chi connectivity index (χ1) is 13.2. The van der Waals surface area contributed by atoms with Crippen molar-refractivity contribution in [2.75, 3.05) is 20.3 Å². The molecule has 142 valence electrons. The first kappa shape index (κ1) is 19.3. The van der Waals surface area contributed by atoms with Crippen LogP contribution in [0.2, 0.25) is 0 Å². The van der Waals surface area contributed by atoms with E-state index in [1.54, 1.807) is 19.4 Å². The standard InChI is InChI=1S/C22H25NO4/c1-16(15-25-2)20-10-12-26-22(20)9-6-17(21-5-3-4-11-23-21)13-18-7-8-19(14-24)27-18/h3-5,7-8,10-11,13,22,24H,1,6,9,12,14-15H2,2H3/b17-13-. The van der Waals surface area contributed by atoms with Crippen LogP contribution in [0.1, 0.15) is 30.1 Å². The first-order valence-corrected chi connectivity index (χ1v) is 9.01. The van der Waals surface area contributed by atoms with Crippen LogP contribution in [-0.4, -0.2) is 36.5 Å². The van der Waals surface area contributed by atoms with E-state index in [-0.39, 0.29) is 12.7 Å². The van der Waals surface area contributed by atoms with Crippen molar-refractivity contribution < 1.29 is 19.0 Å². The average Bonchev–Trinajstić information content (AvgIpc) is 3.35. The molecule has 1 atom stereocenters. The van der Waals surface area contributed by atoms with E-state index in [9.17, 15) is 5.11 Å². The maximum absolute atomic E-state index is 9.21. The average molecular weight is 367 g/mol. The Morgan fingerprint density at radius 2 is 2.26 bits per heavy atom. The molecule has 0 radical (unpaired) electrons. The van der Waals surface area contributed by atoms with Crippen molar-refractivity contribution in [3.63, 3.8) is 0 Å². The van der Waals surface area contributed by atoms with Crippen LogP contribution in [0.3, 0.4) is 0 Å². The molecule has 0 fully saturated rings. The summed E-state index contributed by atoms with van der Waals surface area (Å²) >= 11 is 0. The van der Waals surface area contributed by atoms with Crippen molar-refractivity contribution in [1.29, 1.82) is 0 Å². The fourth-order valence-corrected chi connectivity index (χ4v) is 3.19. The topological polar surface area (TPSA) is 64.7 Å². The highest BCUT2D eigenvalue weighted by molar-refractivity contribution is 5.78. The smallest absolute Gasteiger partial charge is 0.130 e. The van der Waals surface area contributed by atoms with Crippen LogP contribution < -0.4 is 0 Å². The van der Waals surface area contributed by atoms with Crippen LogP contribution in [0.4, 0.5) is 0 Å². The minimum atomic E-state index is -0.113. The second-order valence-electron chi connectivity index (χ2n) is 6.40. The van der Waals surface area contributed by atoms with E-state index in [1.807, 2.05) is 30.3 Å². The summed E-state index contributed by atoms with van der Waals surface area (Å²) in [6.45, 7) is 5.10. The highest BCUT2D eigenvalue weighted by Crippen LogP contribution is 2.29. The largest absolute Gasteiger partial charge is 0.459 e. The summed E-state index contributed by atoms with van der Waals surface area (Å²) in [5.41, 5.74) is 4.04. The third kappa shape index (κ3) is 5.04. The molecule has 1 unspecified atom stereocenters. The number of rotatable bonds is 9. The molecule has 0 aliphatic carbocycles. The summed E-state index contributed by atoms with van der Waals surface area (Å²) in [5.74, 6) is 1.24. The number of aromatic nitrogens is 1. The van der Waals surface area contributed by atoms with Crippen LogP contribution in [-0.2, 0) is 16.1 Å². The van der Waals surface area contributed by atoms with E-state index >= 15 is 0 Å². The van der Waals surface area contributed by atoms with Crippen molar-refractivity contribution in [3.8, 4) is 0 Å². The Labute approximate surface area is 159 Å². The minimum Gasteiger partial charge on any atom is -0.459 e. The lowest BCUT2D eigenvalue weighted by atomic mass is 9.96. The molecule has 0 spiro atoms. The number of allylic oxidation sites excluding steroid dienone is 1. The van der Waals surface area contributed by atoms with Crippen molar-refractivity contribution in [2.24, 2.45) is 0 Å². The van der Waals surface area contributed by atoms with Gasteiger partial charge in [0.15, 0.2) is 0 Å². The molecular weight excluding hydrogens is 342 g/mol. The van der Waals surface area contributed by atoms with Crippen molar-refractivity contribution in [2.45, 2.75) is 25.6 Å². The summed E-state index contributed by atoms with van der Waals surface area (Å²) in [6, 6.07) is 9.48. The van der Waals surface area contributed by atoms with E-state index in [4.69, 9.17) is 13.9 Å². The zero-order valence-electron chi connectivity index (χ0n) is 15.6. The van der Waals surface area contributed by atoms with Gasteiger partial charge in [0.25, 0.3) is 0 Å². The number of hydrogen-bond acceptors (Lipinski definition) is 5. The van der Waals surface area contributed by atoms with Gasteiger partial charge in [-0.05, 0) is 59.9 Å². The SMILES string of the molecule is C=C(COC)C1=CCOC1CC/C(=C/c1ccc(CO)o1)c1ccccn1. The summed E-state index contributed by atoms with van der Waals surface area (Å²) in [5, 5.41) is 9.21. The van der Waals surface area contributed by atoms with Gasteiger partial charge in [0.05, 0.1) is 25.0 Å². The van der Waals surface area contributed by atoms with Gasteiger partial charge >= 0.3 is 0 Å². The third-order valence-electron chi connectivity index (χ3n) is 4.50. The number of aliphatic hydroxyl groups excluding tert-OH is 1. The Kier molecular flexibility index (Phi) is 6.76. The number of ether oxygens (including phenoxy) is 2. The van der Waals surface area contributed by atoms with Crippen LogP contribution in [0.25, 0.3) is 11.6 Å². The Morgan fingerprint density at radius 3 is 2.96 bits per heavy atom. The van der Waals surface area contributed by atoms with E-state index in [0.29, 0.717) is 24.7 Å². The lowest BCUT2D eigenvalue weighted by molar-refractivity contribution is 0.116. The Bertz CT molecular complexity index is 820. The number of hydrogen-bond donors (Lipinski definition) is 1. The van der Waals surface area contributed by atoms with Gasteiger partial charge in [-0.3, -0.25) is 4.98 Å². The summed E-state index contributed by atoms with van der Waals surface area (Å²) in [7, 11) is 1.67. The van der Waals surface area contributed by atoms with Crippen LogP contribution >= 0.6 is 0 Å². The third-order valence-corrected chi connectivity index (χ3v) is 4.50. The second-order valence-corrected chi connectivity index (χ2v) is 6.40. The van der Waals surface area contributed by atoms with Gasteiger partial charge in [0.2, 0.25) is 0 Å². The van der Waals surface area contributed by atoms with Gasteiger partial charge in [-0.1, -0.05) is 18.7 Å². The van der Waals surface area contributed by atoms with Crippen LogP contribution in [0.5, 0.6) is 0 Å². The van der Waals surface area contributed by atoms with Crippen molar-refractivity contribution in [3.05, 3.63) is 77.5 Å². The van der Waals surface area contributed by atoms with Gasteiger partial charge in [-0.25, -0.2) is 0 Å². The van der Waals surface area contributed by atoms with E-state index < -0.39 is 0 Å². The molecule has 5 heteroatoms. The van der Waals surface area contributed by atoms with Gasteiger partial charge < -0.3 is 19.0 Å².